The molecule has 176 valence electrons. The summed E-state index contributed by atoms with van der Waals surface area (Å²) in [7, 11) is 0. The van der Waals surface area contributed by atoms with E-state index in [9.17, 15) is 18.8 Å². The number of carbonyl (C=O) groups excluding carboxylic acids is 3. The smallest absolute Gasteiger partial charge is 0.264 e. The van der Waals surface area contributed by atoms with Gasteiger partial charge in [0, 0.05) is 36.3 Å². The summed E-state index contributed by atoms with van der Waals surface area (Å²) in [5.74, 6) is -1.97. The maximum absolute atomic E-state index is 13.8. The van der Waals surface area contributed by atoms with Crippen LogP contribution in [0, 0.1) is 17.1 Å². The molecule has 1 aliphatic heterocycles. The van der Waals surface area contributed by atoms with Crippen LogP contribution in [0.3, 0.4) is 0 Å². The number of carbonyl (C=O) groups is 3. The molecule has 1 aliphatic carbocycles. The highest BCUT2D eigenvalue weighted by molar-refractivity contribution is 6.02. The minimum absolute atomic E-state index is 0.0918. The topological polar surface area (TPSA) is 120 Å². The van der Waals surface area contributed by atoms with Gasteiger partial charge in [-0.25, -0.2) is 4.39 Å². The lowest BCUT2D eigenvalue weighted by Gasteiger charge is -2.32. The molecular weight excluding hydrogens is 437 g/mol. The van der Waals surface area contributed by atoms with E-state index in [4.69, 9.17) is 11.0 Å². The Bertz CT molecular complexity index is 1120. The van der Waals surface area contributed by atoms with Gasteiger partial charge < -0.3 is 20.9 Å². The van der Waals surface area contributed by atoms with Gasteiger partial charge in [0.15, 0.2) is 6.17 Å². The van der Waals surface area contributed by atoms with Crippen molar-refractivity contribution in [2.24, 2.45) is 5.73 Å². The molecule has 2 aromatic carbocycles. The van der Waals surface area contributed by atoms with Gasteiger partial charge in [0.1, 0.15) is 5.82 Å². The average molecular weight is 464 g/mol. The molecule has 4 rings (SSSR count). The maximum atomic E-state index is 13.8. The van der Waals surface area contributed by atoms with Crippen LogP contribution < -0.4 is 11.1 Å². The second kappa shape index (κ2) is 10.0. The first-order valence-electron chi connectivity index (χ1n) is 11.3. The van der Waals surface area contributed by atoms with Crippen molar-refractivity contribution in [1.29, 1.82) is 5.26 Å². The van der Waals surface area contributed by atoms with Gasteiger partial charge in [-0.2, -0.15) is 5.26 Å². The Kier molecular flexibility index (Phi) is 6.89. The molecule has 9 heteroatoms. The Balaban J connectivity index is 1.60. The first-order valence-corrected chi connectivity index (χ1v) is 11.3. The molecule has 1 unspecified atom stereocenters. The minimum atomic E-state index is -1.17. The molecule has 1 saturated heterocycles. The van der Waals surface area contributed by atoms with Gasteiger partial charge in [0.2, 0.25) is 0 Å². The van der Waals surface area contributed by atoms with E-state index < -0.39 is 29.7 Å². The van der Waals surface area contributed by atoms with Crippen LogP contribution in [0.2, 0.25) is 0 Å². The molecular formula is C25H26FN5O3. The molecule has 1 heterocycles. The SMILES string of the molecule is N#Cc1ccc(C(=O)N2CCN(C(=O)c3cccc(F)c3)C2C(=O)NC2CCC(N)CC2)cc1. The summed E-state index contributed by atoms with van der Waals surface area (Å²) in [4.78, 5) is 42.6. The zero-order valence-corrected chi connectivity index (χ0v) is 18.6. The van der Waals surface area contributed by atoms with E-state index in [1.54, 1.807) is 0 Å². The van der Waals surface area contributed by atoms with Gasteiger partial charge in [-0.15, -0.1) is 0 Å². The van der Waals surface area contributed by atoms with E-state index in [1.165, 1.54) is 52.3 Å². The van der Waals surface area contributed by atoms with Crippen molar-refractivity contribution in [1.82, 2.24) is 15.1 Å². The predicted molar refractivity (Wildman–Crippen MR) is 122 cm³/mol. The molecule has 0 radical (unpaired) electrons. The molecule has 34 heavy (non-hydrogen) atoms. The highest BCUT2D eigenvalue weighted by atomic mass is 19.1. The van der Waals surface area contributed by atoms with Crippen molar-refractivity contribution in [3.05, 3.63) is 71.0 Å². The van der Waals surface area contributed by atoms with Crippen molar-refractivity contribution in [3.8, 4) is 6.07 Å². The Morgan fingerprint density at radius 3 is 2.15 bits per heavy atom. The van der Waals surface area contributed by atoms with Crippen LogP contribution in [0.25, 0.3) is 0 Å². The van der Waals surface area contributed by atoms with E-state index in [-0.39, 0.29) is 30.7 Å². The highest BCUT2D eigenvalue weighted by Gasteiger charge is 2.43. The van der Waals surface area contributed by atoms with Crippen molar-refractivity contribution in [2.75, 3.05) is 13.1 Å². The van der Waals surface area contributed by atoms with Crippen LogP contribution >= 0.6 is 0 Å². The van der Waals surface area contributed by atoms with Gasteiger partial charge in [0.05, 0.1) is 11.6 Å². The summed E-state index contributed by atoms with van der Waals surface area (Å²) in [5.41, 5.74) is 6.79. The van der Waals surface area contributed by atoms with Gasteiger partial charge in [-0.1, -0.05) is 6.07 Å². The number of nitriles is 1. The molecule has 0 spiro atoms. The number of rotatable bonds is 4. The fourth-order valence-electron chi connectivity index (χ4n) is 4.52. The lowest BCUT2D eigenvalue weighted by Crippen LogP contribution is -2.56. The van der Waals surface area contributed by atoms with Crippen LogP contribution in [0.5, 0.6) is 0 Å². The van der Waals surface area contributed by atoms with E-state index in [0.29, 0.717) is 11.1 Å². The second-order valence-electron chi connectivity index (χ2n) is 8.69. The quantitative estimate of drug-likeness (QED) is 0.719. The summed E-state index contributed by atoms with van der Waals surface area (Å²) in [6, 6.07) is 13.4. The zero-order chi connectivity index (χ0) is 24.2. The standard InChI is InChI=1S/C25H26FN5O3/c26-19-3-1-2-18(14-19)25(34)31-13-12-30(24(33)17-6-4-16(15-27)5-7-17)23(31)22(32)29-21-10-8-20(28)9-11-21/h1-7,14,20-21,23H,8-13,28H2,(H,29,32). The fraction of sp³-hybridized carbons (Fsp3) is 0.360. The Labute approximate surface area is 197 Å². The monoisotopic (exact) mass is 463 g/mol. The number of amides is 3. The van der Waals surface area contributed by atoms with E-state index in [2.05, 4.69) is 5.32 Å². The number of nitrogens with one attached hydrogen (secondary N) is 1. The molecule has 3 N–H and O–H groups in total. The molecule has 2 aliphatic rings. The number of nitrogens with zero attached hydrogens (tertiary/aromatic N) is 3. The van der Waals surface area contributed by atoms with Crippen molar-refractivity contribution in [3.63, 3.8) is 0 Å². The number of hydrogen-bond acceptors (Lipinski definition) is 5. The van der Waals surface area contributed by atoms with Crippen molar-refractivity contribution < 1.29 is 18.8 Å². The van der Waals surface area contributed by atoms with Crippen molar-refractivity contribution in [2.45, 2.75) is 43.9 Å². The summed E-state index contributed by atoms with van der Waals surface area (Å²) < 4.78 is 13.8. The first kappa shape index (κ1) is 23.4. The maximum Gasteiger partial charge on any atom is 0.264 e. The summed E-state index contributed by atoms with van der Waals surface area (Å²) >= 11 is 0. The number of hydrogen-bond donors (Lipinski definition) is 2. The fourth-order valence-corrected chi connectivity index (χ4v) is 4.52. The van der Waals surface area contributed by atoms with E-state index >= 15 is 0 Å². The van der Waals surface area contributed by atoms with Crippen molar-refractivity contribution >= 4 is 17.7 Å². The third kappa shape index (κ3) is 4.92. The normalized spacial score (nSPS) is 22.2. The first-order chi connectivity index (χ1) is 16.4. The molecule has 0 aromatic heterocycles. The minimum Gasteiger partial charge on any atom is -0.350 e. The zero-order valence-electron chi connectivity index (χ0n) is 18.6. The largest absolute Gasteiger partial charge is 0.350 e. The lowest BCUT2D eigenvalue weighted by molar-refractivity contribution is -0.129. The summed E-state index contributed by atoms with van der Waals surface area (Å²) in [5, 5.41) is 12.0. The summed E-state index contributed by atoms with van der Waals surface area (Å²) in [6.45, 7) is 0.276. The van der Waals surface area contributed by atoms with Crippen LogP contribution in [0.1, 0.15) is 52.0 Å². The molecule has 3 amide bonds. The Morgan fingerprint density at radius 2 is 1.56 bits per heavy atom. The highest BCUT2D eigenvalue weighted by Crippen LogP contribution is 2.23. The van der Waals surface area contributed by atoms with Gasteiger partial charge >= 0.3 is 0 Å². The van der Waals surface area contributed by atoms with Crippen LogP contribution in [0.4, 0.5) is 4.39 Å². The molecule has 1 atom stereocenters. The molecule has 8 nitrogen and oxygen atoms in total. The average Bonchev–Trinajstić information content (AvgIpc) is 3.30. The van der Waals surface area contributed by atoms with Crippen LogP contribution in [-0.2, 0) is 4.79 Å². The van der Waals surface area contributed by atoms with Crippen LogP contribution in [0.15, 0.2) is 48.5 Å². The molecule has 1 saturated carbocycles. The number of halogens is 1. The van der Waals surface area contributed by atoms with E-state index in [0.717, 1.165) is 31.7 Å². The third-order valence-corrected chi connectivity index (χ3v) is 6.38. The molecule has 0 bridgehead atoms. The Morgan fingerprint density at radius 1 is 0.941 bits per heavy atom. The molecule has 2 aromatic rings. The van der Waals surface area contributed by atoms with Gasteiger partial charge in [-0.05, 0) is 68.1 Å². The summed E-state index contributed by atoms with van der Waals surface area (Å²) in [6.07, 6.45) is 1.85. The van der Waals surface area contributed by atoms with Gasteiger partial charge in [-0.3, -0.25) is 14.4 Å². The Hall–Kier alpha value is -3.77. The number of nitrogens with two attached hydrogens (primary N) is 1. The van der Waals surface area contributed by atoms with E-state index in [1.807, 2.05) is 6.07 Å². The second-order valence-corrected chi connectivity index (χ2v) is 8.69. The lowest BCUT2D eigenvalue weighted by atomic mass is 9.92. The third-order valence-electron chi connectivity index (χ3n) is 6.38. The predicted octanol–water partition coefficient (Wildman–Crippen LogP) is 2.01. The van der Waals surface area contributed by atoms with Gasteiger partial charge in [0.25, 0.3) is 17.7 Å². The van der Waals surface area contributed by atoms with Crippen LogP contribution in [-0.4, -0.2) is 58.9 Å². The molecule has 2 fully saturated rings. The number of benzene rings is 2.